The van der Waals surface area contributed by atoms with Gasteiger partial charge in [-0.05, 0) is 50.8 Å². The second-order valence-electron chi connectivity index (χ2n) is 5.84. The first-order chi connectivity index (χ1) is 10.1. The maximum atomic E-state index is 13.3. The Morgan fingerprint density at radius 1 is 1.24 bits per heavy atom. The highest BCUT2D eigenvalue weighted by molar-refractivity contribution is 7.89. The number of hydrogen-bond acceptors (Lipinski definition) is 4. The normalized spacial score (nSPS) is 20.9. The highest BCUT2D eigenvalue weighted by Crippen LogP contribution is 2.33. The van der Waals surface area contributed by atoms with Crippen LogP contribution in [-0.4, -0.2) is 43.4 Å². The van der Waals surface area contributed by atoms with Crippen LogP contribution < -0.4 is 5.32 Å². The first-order valence-corrected chi connectivity index (χ1v) is 8.84. The summed E-state index contributed by atoms with van der Waals surface area (Å²) < 4.78 is 40.3. The Bertz CT molecular complexity index is 598. The fourth-order valence-electron chi connectivity index (χ4n) is 2.79. The summed E-state index contributed by atoms with van der Waals surface area (Å²) in [6.07, 6.45) is 6.02. The van der Waals surface area contributed by atoms with Gasteiger partial charge >= 0.3 is 0 Å². The number of rotatable bonds is 5. The van der Waals surface area contributed by atoms with E-state index in [1.54, 1.807) is 4.31 Å². The fraction of sp³-hybridized carbons (Fsp3) is 0.643. The number of nitrogens with one attached hydrogen (secondary N) is 1. The molecule has 0 amide bonds. The van der Waals surface area contributed by atoms with Crippen molar-refractivity contribution >= 4 is 10.0 Å². The minimum Gasteiger partial charge on any atom is -0.317 e. The van der Waals surface area contributed by atoms with Crippen LogP contribution in [0.1, 0.15) is 25.7 Å². The third kappa shape index (κ3) is 3.41. The highest BCUT2D eigenvalue weighted by Gasteiger charge is 2.39. The number of pyridine rings is 1. The number of sulfonamides is 1. The van der Waals surface area contributed by atoms with Gasteiger partial charge in [-0.1, -0.05) is 0 Å². The van der Waals surface area contributed by atoms with Gasteiger partial charge in [0, 0.05) is 18.8 Å². The molecule has 2 heterocycles. The Labute approximate surface area is 124 Å². The average molecular weight is 313 g/mol. The molecular weight excluding hydrogens is 293 g/mol. The SMILES string of the molecule is O=S(=O)(c1cncc(F)c1)N(CC1CCNCC1)C1CC1. The summed E-state index contributed by atoms with van der Waals surface area (Å²) in [4.78, 5) is 3.63. The van der Waals surface area contributed by atoms with Crippen molar-refractivity contribution in [2.75, 3.05) is 19.6 Å². The minimum absolute atomic E-state index is 0.0386. The Kier molecular flexibility index (Phi) is 4.24. The van der Waals surface area contributed by atoms with E-state index in [-0.39, 0.29) is 10.9 Å². The summed E-state index contributed by atoms with van der Waals surface area (Å²) in [5.41, 5.74) is 0. The van der Waals surface area contributed by atoms with Gasteiger partial charge in [0.15, 0.2) is 0 Å². The molecule has 2 fully saturated rings. The zero-order valence-electron chi connectivity index (χ0n) is 11.8. The molecule has 1 aliphatic heterocycles. The monoisotopic (exact) mass is 313 g/mol. The van der Waals surface area contributed by atoms with Crippen LogP contribution in [0.4, 0.5) is 4.39 Å². The predicted octanol–water partition coefficient (Wildman–Crippen LogP) is 1.37. The molecule has 0 unspecified atom stereocenters. The van der Waals surface area contributed by atoms with E-state index >= 15 is 0 Å². The van der Waals surface area contributed by atoms with Crippen molar-refractivity contribution in [2.45, 2.75) is 36.6 Å². The fourth-order valence-corrected chi connectivity index (χ4v) is 4.53. The topological polar surface area (TPSA) is 62.3 Å². The molecule has 1 saturated carbocycles. The molecule has 0 radical (unpaired) electrons. The first-order valence-electron chi connectivity index (χ1n) is 7.40. The molecule has 0 spiro atoms. The largest absolute Gasteiger partial charge is 0.317 e. The molecule has 3 rings (SSSR count). The van der Waals surface area contributed by atoms with Gasteiger partial charge in [-0.2, -0.15) is 4.31 Å². The lowest BCUT2D eigenvalue weighted by molar-refractivity contribution is 0.283. The second-order valence-corrected chi connectivity index (χ2v) is 7.73. The third-order valence-electron chi connectivity index (χ3n) is 4.14. The van der Waals surface area contributed by atoms with Crippen LogP contribution in [0.25, 0.3) is 0 Å². The quantitative estimate of drug-likeness (QED) is 0.892. The molecular formula is C14H20FN3O2S. The van der Waals surface area contributed by atoms with E-state index in [9.17, 15) is 12.8 Å². The summed E-state index contributed by atoms with van der Waals surface area (Å²) >= 11 is 0. The van der Waals surface area contributed by atoms with Gasteiger partial charge in [-0.15, -0.1) is 0 Å². The predicted molar refractivity (Wildman–Crippen MR) is 76.7 cm³/mol. The molecule has 1 aliphatic carbocycles. The average Bonchev–Trinajstić information content (AvgIpc) is 3.30. The molecule has 1 saturated heterocycles. The van der Waals surface area contributed by atoms with Gasteiger partial charge in [0.2, 0.25) is 10.0 Å². The molecule has 21 heavy (non-hydrogen) atoms. The van der Waals surface area contributed by atoms with E-state index in [2.05, 4.69) is 10.3 Å². The van der Waals surface area contributed by atoms with E-state index in [4.69, 9.17) is 0 Å². The number of nitrogens with zero attached hydrogens (tertiary/aromatic N) is 2. The number of piperidine rings is 1. The lowest BCUT2D eigenvalue weighted by Crippen LogP contribution is -2.40. The van der Waals surface area contributed by atoms with Crippen LogP contribution in [0.2, 0.25) is 0 Å². The molecule has 1 aromatic heterocycles. The van der Waals surface area contributed by atoms with Crippen LogP contribution in [0, 0.1) is 11.7 Å². The standard InChI is InChI=1S/C14H20FN3O2S/c15-12-7-14(9-17-8-12)21(19,20)18(13-1-2-13)10-11-3-5-16-6-4-11/h7-9,11,13,16H,1-6,10H2. The van der Waals surface area contributed by atoms with Crippen molar-refractivity contribution in [3.8, 4) is 0 Å². The lowest BCUT2D eigenvalue weighted by atomic mass is 9.98. The van der Waals surface area contributed by atoms with Crippen molar-refractivity contribution in [3.05, 3.63) is 24.3 Å². The van der Waals surface area contributed by atoms with Crippen molar-refractivity contribution in [3.63, 3.8) is 0 Å². The molecule has 0 atom stereocenters. The van der Waals surface area contributed by atoms with Gasteiger partial charge in [0.25, 0.3) is 0 Å². The smallest absolute Gasteiger partial charge is 0.244 e. The molecule has 7 heteroatoms. The lowest BCUT2D eigenvalue weighted by Gasteiger charge is -2.29. The van der Waals surface area contributed by atoms with Gasteiger partial charge in [0.05, 0.1) is 6.20 Å². The van der Waals surface area contributed by atoms with Crippen molar-refractivity contribution in [1.29, 1.82) is 0 Å². The van der Waals surface area contributed by atoms with E-state index < -0.39 is 15.8 Å². The molecule has 1 N–H and O–H groups in total. The molecule has 0 bridgehead atoms. The van der Waals surface area contributed by atoms with Crippen molar-refractivity contribution in [2.24, 2.45) is 5.92 Å². The zero-order chi connectivity index (χ0) is 14.9. The van der Waals surface area contributed by atoms with Crippen LogP contribution >= 0.6 is 0 Å². The van der Waals surface area contributed by atoms with Crippen LogP contribution in [0.15, 0.2) is 23.4 Å². The number of hydrogen-bond donors (Lipinski definition) is 1. The summed E-state index contributed by atoms with van der Waals surface area (Å²) in [6, 6.07) is 1.13. The van der Waals surface area contributed by atoms with Gasteiger partial charge in [-0.25, -0.2) is 12.8 Å². The van der Waals surface area contributed by atoms with Crippen molar-refractivity contribution < 1.29 is 12.8 Å². The van der Waals surface area contributed by atoms with E-state index in [0.717, 1.165) is 51.0 Å². The first kappa shape index (κ1) is 14.9. The van der Waals surface area contributed by atoms with Crippen LogP contribution in [-0.2, 0) is 10.0 Å². The summed E-state index contributed by atoms with van der Waals surface area (Å²) in [6.45, 7) is 2.40. The highest BCUT2D eigenvalue weighted by atomic mass is 32.2. The maximum absolute atomic E-state index is 13.3. The van der Waals surface area contributed by atoms with Gasteiger partial charge in [-0.3, -0.25) is 4.98 Å². The zero-order valence-corrected chi connectivity index (χ0v) is 12.7. The van der Waals surface area contributed by atoms with E-state index in [1.807, 2.05) is 0 Å². The molecule has 2 aliphatic rings. The number of aromatic nitrogens is 1. The minimum atomic E-state index is -3.65. The van der Waals surface area contributed by atoms with Gasteiger partial charge in [0.1, 0.15) is 10.7 Å². The van der Waals surface area contributed by atoms with E-state index in [1.165, 1.54) is 6.20 Å². The van der Waals surface area contributed by atoms with Crippen LogP contribution in [0.3, 0.4) is 0 Å². The van der Waals surface area contributed by atoms with Gasteiger partial charge < -0.3 is 5.32 Å². The van der Waals surface area contributed by atoms with Crippen molar-refractivity contribution in [1.82, 2.24) is 14.6 Å². The summed E-state index contributed by atoms with van der Waals surface area (Å²) in [7, 11) is -3.65. The molecule has 116 valence electrons. The Balaban J connectivity index is 1.82. The Morgan fingerprint density at radius 2 is 1.95 bits per heavy atom. The third-order valence-corrected chi connectivity index (χ3v) is 6.02. The summed E-state index contributed by atoms with van der Waals surface area (Å²) in [5.74, 6) is -0.239. The Morgan fingerprint density at radius 3 is 2.57 bits per heavy atom. The maximum Gasteiger partial charge on any atom is 0.244 e. The molecule has 5 nitrogen and oxygen atoms in total. The Hall–Kier alpha value is -1.05. The van der Waals surface area contributed by atoms with Crippen LogP contribution in [0.5, 0.6) is 0 Å². The second kappa shape index (κ2) is 5.98. The molecule has 0 aromatic carbocycles. The van der Waals surface area contributed by atoms with E-state index in [0.29, 0.717) is 12.5 Å². The summed E-state index contributed by atoms with van der Waals surface area (Å²) in [5, 5.41) is 3.28. The molecule has 1 aromatic rings. The number of halogens is 1.